The Hall–Kier alpha value is -0.710. The molecule has 184 valence electrons. The van der Waals surface area contributed by atoms with E-state index in [1.54, 1.807) is 0 Å². The fourth-order valence-corrected chi connectivity index (χ4v) is 5.56. The molecule has 1 rings (SSSR count). The molecule has 0 unspecified atom stereocenters. The summed E-state index contributed by atoms with van der Waals surface area (Å²) in [6.45, 7) is 1.07. The van der Waals surface area contributed by atoms with Crippen molar-refractivity contribution in [2.75, 3.05) is 36.3 Å². The molecule has 0 heterocycles. The predicted octanol–water partition coefficient (Wildman–Crippen LogP) is 0.738. The minimum atomic E-state index is -5.52. The Morgan fingerprint density at radius 1 is 1.06 bits per heavy atom. The first-order chi connectivity index (χ1) is 14.8. The molecule has 1 aromatic rings. The highest BCUT2D eigenvalue weighted by atomic mass is 35.5. The van der Waals surface area contributed by atoms with E-state index in [9.17, 15) is 19.0 Å². The van der Waals surface area contributed by atoms with E-state index in [1.807, 2.05) is 29.2 Å². The van der Waals surface area contributed by atoms with Crippen molar-refractivity contribution < 1.29 is 38.6 Å². The number of alkyl halides is 2. The van der Waals surface area contributed by atoms with Gasteiger partial charge in [0.15, 0.2) is 0 Å². The van der Waals surface area contributed by atoms with Gasteiger partial charge in [0.2, 0.25) is 5.91 Å². The Kier molecular flexibility index (Phi) is 11.6. The number of amides is 1. The van der Waals surface area contributed by atoms with E-state index in [2.05, 4.69) is 5.32 Å². The van der Waals surface area contributed by atoms with Crippen LogP contribution in [0, 0.1) is 0 Å². The zero-order chi connectivity index (χ0) is 24.6. The van der Waals surface area contributed by atoms with Crippen LogP contribution in [-0.4, -0.2) is 73.1 Å². The van der Waals surface area contributed by atoms with E-state index in [-0.39, 0.29) is 19.4 Å². The summed E-state index contributed by atoms with van der Waals surface area (Å²) in [5.74, 6) is 0.336. The fourth-order valence-electron chi connectivity index (χ4n) is 2.89. The summed E-state index contributed by atoms with van der Waals surface area (Å²) in [5.41, 5.74) is 7.62. The third-order valence-corrected chi connectivity index (χ3v) is 8.94. The fraction of sp³-hybridized carbons (Fsp3) is 0.588. The highest BCUT2D eigenvalue weighted by Gasteiger charge is 2.58. The number of carbonyl (C=O) groups is 1. The summed E-state index contributed by atoms with van der Waals surface area (Å²) in [6.07, 6.45) is -0.997. The molecule has 1 atom stereocenters. The molecule has 0 fully saturated rings. The first kappa shape index (κ1) is 29.3. The lowest BCUT2D eigenvalue weighted by Gasteiger charge is -2.29. The second kappa shape index (κ2) is 12.7. The molecular formula is C17H29Cl2N3O8P2. The molecule has 0 aliphatic carbocycles. The molecule has 0 aromatic heterocycles. The van der Waals surface area contributed by atoms with Crippen molar-refractivity contribution in [3.8, 4) is 0 Å². The standard InChI is InChI=1S/C17H29Cl2N3O8P2/c18-7-10-22(11-8-19)14-4-2-13(3-5-14)12-15(20)16(23)21-9-1-6-17(24,31(25,26)27)32(28,29)30/h2-5,15,24H,1,6-12,20H2,(H,21,23)(H2,25,26,27)(H2,28,29,30)/t15-/m0/s1. The second-order valence-corrected chi connectivity index (χ2v) is 11.9. The lowest BCUT2D eigenvalue weighted by Crippen LogP contribution is -2.42. The van der Waals surface area contributed by atoms with Gasteiger partial charge in [0.05, 0.1) is 6.04 Å². The number of benzene rings is 1. The van der Waals surface area contributed by atoms with Crippen LogP contribution in [0.5, 0.6) is 0 Å². The van der Waals surface area contributed by atoms with Gasteiger partial charge >= 0.3 is 15.2 Å². The van der Waals surface area contributed by atoms with Crippen LogP contribution in [0.25, 0.3) is 0 Å². The minimum absolute atomic E-state index is 0.195. The van der Waals surface area contributed by atoms with Crippen LogP contribution in [0.3, 0.4) is 0 Å². The number of hydrogen-bond acceptors (Lipinski definition) is 6. The Balaban J connectivity index is 2.60. The Morgan fingerprint density at radius 3 is 2.00 bits per heavy atom. The quantitative estimate of drug-likeness (QED) is 0.101. The predicted molar refractivity (Wildman–Crippen MR) is 123 cm³/mol. The van der Waals surface area contributed by atoms with Gasteiger partial charge in [-0.15, -0.1) is 23.2 Å². The monoisotopic (exact) mass is 535 g/mol. The van der Waals surface area contributed by atoms with Crippen LogP contribution in [0.1, 0.15) is 18.4 Å². The van der Waals surface area contributed by atoms with Gasteiger partial charge in [0.1, 0.15) is 0 Å². The molecule has 32 heavy (non-hydrogen) atoms. The molecule has 8 N–H and O–H groups in total. The summed E-state index contributed by atoms with van der Waals surface area (Å²) >= 11 is 11.6. The molecular weight excluding hydrogens is 507 g/mol. The third kappa shape index (κ3) is 8.25. The number of rotatable bonds is 14. The van der Waals surface area contributed by atoms with Gasteiger partial charge in [-0.05, 0) is 30.5 Å². The number of carbonyl (C=O) groups excluding carboxylic acids is 1. The molecule has 0 radical (unpaired) electrons. The number of nitrogens with two attached hydrogens (primary N) is 1. The average Bonchev–Trinajstić information content (AvgIpc) is 2.69. The van der Waals surface area contributed by atoms with Gasteiger partial charge in [0.25, 0.3) is 5.08 Å². The summed E-state index contributed by atoms with van der Waals surface area (Å²) in [5, 5.41) is 8.72. The van der Waals surface area contributed by atoms with Crippen LogP contribution in [0.15, 0.2) is 24.3 Å². The number of aliphatic hydroxyl groups is 1. The zero-order valence-electron chi connectivity index (χ0n) is 17.2. The molecule has 11 nitrogen and oxygen atoms in total. The van der Waals surface area contributed by atoms with Crippen molar-refractivity contribution in [2.24, 2.45) is 5.73 Å². The van der Waals surface area contributed by atoms with Crippen molar-refractivity contribution in [3.63, 3.8) is 0 Å². The molecule has 15 heteroatoms. The van der Waals surface area contributed by atoms with Crippen molar-refractivity contribution in [1.82, 2.24) is 5.32 Å². The minimum Gasteiger partial charge on any atom is -0.369 e. The SMILES string of the molecule is N[C@@H](Cc1ccc(N(CCCl)CCCl)cc1)C(=O)NCCCC(O)(P(=O)(O)O)P(=O)(O)O. The van der Waals surface area contributed by atoms with Crippen LogP contribution in [0.4, 0.5) is 5.69 Å². The normalized spacial score (nSPS) is 13.6. The van der Waals surface area contributed by atoms with Crippen molar-refractivity contribution >= 4 is 50.0 Å². The Bertz CT molecular complexity index is 806. The molecule has 0 saturated heterocycles. The van der Waals surface area contributed by atoms with E-state index in [0.29, 0.717) is 24.8 Å². The molecule has 0 spiro atoms. The Labute approximate surface area is 196 Å². The molecule has 0 aliphatic heterocycles. The smallest absolute Gasteiger partial charge is 0.369 e. The Morgan fingerprint density at radius 2 is 1.56 bits per heavy atom. The first-order valence-corrected chi connectivity index (χ1v) is 13.9. The van der Waals surface area contributed by atoms with Gasteiger partial charge < -0.3 is 40.6 Å². The third-order valence-electron chi connectivity index (χ3n) is 4.72. The number of nitrogens with zero attached hydrogens (tertiary/aromatic N) is 1. The van der Waals surface area contributed by atoms with Gasteiger partial charge in [-0.3, -0.25) is 13.9 Å². The lowest BCUT2D eigenvalue weighted by molar-refractivity contribution is -0.122. The highest BCUT2D eigenvalue weighted by molar-refractivity contribution is 7.72. The zero-order valence-corrected chi connectivity index (χ0v) is 20.5. The van der Waals surface area contributed by atoms with Crippen LogP contribution < -0.4 is 16.0 Å². The van der Waals surface area contributed by atoms with E-state index in [1.165, 1.54) is 0 Å². The average molecular weight is 536 g/mol. The van der Waals surface area contributed by atoms with Gasteiger partial charge in [-0.1, -0.05) is 12.1 Å². The molecule has 0 saturated carbocycles. The number of hydrogen-bond donors (Lipinski definition) is 7. The van der Waals surface area contributed by atoms with Crippen molar-refractivity contribution in [3.05, 3.63) is 29.8 Å². The molecule has 0 aliphatic rings. The summed E-state index contributed by atoms with van der Waals surface area (Å²) in [6, 6.07) is 6.44. The van der Waals surface area contributed by atoms with Crippen LogP contribution >= 0.6 is 38.4 Å². The van der Waals surface area contributed by atoms with E-state index >= 15 is 0 Å². The highest BCUT2D eigenvalue weighted by Crippen LogP contribution is 2.69. The van der Waals surface area contributed by atoms with E-state index in [0.717, 1.165) is 11.3 Å². The summed E-state index contributed by atoms with van der Waals surface area (Å²) in [4.78, 5) is 50.6. The van der Waals surface area contributed by atoms with Crippen LogP contribution in [-0.2, 0) is 20.3 Å². The van der Waals surface area contributed by atoms with Gasteiger partial charge in [-0.2, -0.15) is 0 Å². The number of halogens is 2. The van der Waals surface area contributed by atoms with E-state index in [4.69, 9.17) is 48.5 Å². The maximum Gasteiger partial charge on any atom is 0.369 e. The largest absolute Gasteiger partial charge is 0.369 e. The van der Waals surface area contributed by atoms with Gasteiger partial charge in [0, 0.05) is 43.5 Å². The summed E-state index contributed by atoms with van der Waals surface area (Å²) < 4.78 is 22.6. The van der Waals surface area contributed by atoms with Crippen LogP contribution in [0.2, 0.25) is 0 Å². The molecule has 0 bridgehead atoms. The van der Waals surface area contributed by atoms with Crippen molar-refractivity contribution in [1.29, 1.82) is 0 Å². The maximum absolute atomic E-state index is 12.2. The molecule has 1 amide bonds. The maximum atomic E-state index is 12.2. The summed E-state index contributed by atoms with van der Waals surface area (Å²) in [7, 11) is -11.0. The van der Waals surface area contributed by atoms with Gasteiger partial charge in [-0.25, -0.2) is 0 Å². The topological polar surface area (TPSA) is 194 Å². The first-order valence-electron chi connectivity index (χ1n) is 9.59. The number of anilines is 1. The lowest BCUT2D eigenvalue weighted by atomic mass is 10.1. The second-order valence-electron chi connectivity index (χ2n) is 7.10. The van der Waals surface area contributed by atoms with E-state index < -0.39 is 38.6 Å². The van der Waals surface area contributed by atoms with Crippen molar-refractivity contribution in [2.45, 2.75) is 30.4 Å². The number of nitrogens with one attached hydrogen (secondary N) is 1. The molecule has 1 aromatic carbocycles.